The van der Waals surface area contributed by atoms with Crippen molar-refractivity contribution in [2.45, 2.75) is 58.0 Å². The van der Waals surface area contributed by atoms with Crippen LogP contribution in [0.2, 0.25) is 0 Å². The van der Waals surface area contributed by atoms with E-state index < -0.39 is 5.60 Å². The third-order valence-electron chi connectivity index (χ3n) is 3.79. The van der Waals surface area contributed by atoms with Crippen molar-refractivity contribution in [3.63, 3.8) is 0 Å². The van der Waals surface area contributed by atoms with Gasteiger partial charge < -0.3 is 9.72 Å². The highest BCUT2D eigenvalue weighted by molar-refractivity contribution is 9.10. The first-order valence-corrected chi connectivity index (χ1v) is 7.79. The zero-order valence-electron chi connectivity index (χ0n) is 11.6. The SMILES string of the molecule is CCOC1(c2nc(C)c(Br)c(=O)[nH]2)CCCCCC1. The van der Waals surface area contributed by atoms with Gasteiger partial charge >= 0.3 is 0 Å². The molecule has 4 nitrogen and oxygen atoms in total. The smallest absolute Gasteiger partial charge is 0.265 e. The number of hydrogen-bond acceptors (Lipinski definition) is 3. The van der Waals surface area contributed by atoms with Gasteiger partial charge in [-0.2, -0.15) is 0 Å². The Bertz CT molecular complexity index is 491. The molecular formula is C14H21BrN2O2. The predicted octanol–water partition coefficient (Wildman–Crippen LogP) is 3.43. The summed E-state index contributed by atoms with van der Waals surface area (Å²) in [4.78, 5) is 19.4. The number of hydrogen-bond donors (Lipinski definition) is 1. The van der Waals surface area contributed by atoms with Crippen molar-refractivity contribution >= 4 is 15.9 Å². The van der Waals surface area contributed by atoms with Crippen LogP contribution in [0.25, 0.3) is 0 Å². The number of aromatic nitrogens is 2. The topological polar surface area (TPSA) is 55.0 Å². The maximum atomic E-state index is 11.9. The van der Waals surface area contributed by atoms with Crippen LogP contribution in [0.3, 0.4) is 0 Å². The Morgan fingerprint density at radius 3 is 2.47 bits per heavy atom. The zero-order chi connectivity index (χ0) is 13.9. The lowest BCUT2D eigenvalue weighted by atomic mass is 9.93. The van der Waals surface area contributed by atoms with Crippen LogP contribution in [0.4, 0.5) is 0 Å². The van der Waals surface area contributed by atoms with Crippen LogP contribution >= 0.6 is 15.9 Å². The van der Waals surface area contributed by atoms with E-state index in [4.69, 9.17) is 4.74 Å². The number of H-pyrrole nitrogens is 1. The van der Waals surface area contributed by atoms with Gasteiger partial charge in [0.15, 0.2) is 0 Å². The molecule has 1 aliphatic carbocycles. The summed E-state index contributed by atoms with van der Waals surface area (Å²) in [5, 5.41) is 0. The number of rotatable bonds is 3. The molecule has 5 heteroatoms. The average Bonchev–Trinajstić information content (AvgIpc) is 2.62. The molecule has 1 N–H and O–H groups in total. The van der Waals surface area contributed by atoms with Crippen LogP contribution < -0.4 is 5.56 Å². The summed E-state index contributed by atoms with van der Waals surface area (Å²) in [5.41, 5.74) is 0.198. The molecule has 0 spiro atoms. The summed E-state index contributed by atoms with van der Waals surface area (Å²) >= 11 is 3.26. The molecule has 0 radical (unpaired) electrons. The second-order valence-electron chi connectivity index (χ2n) is 5.16. The van der Waals surface area contributed by atoms with Crippen molar-refractivity contribution in [2.24, 2.45) is 0 Å². The second kappa shape index (κ2) is 6.18. The first-order chi connectivity index (χ1) is 9.09. The first-order valence-electron chi connectivity index (χ1n) is 7.00. The minimum atomic E-state index is -0.407. The molecule has 1 aliphatic rings. The molecule has 1 aromatic rings. The molecule has 106 valence electrons. The third kappa shape index (κ3) is 3.08. The highest BCUT2D eigenvalue weighted by Crippen LogP contribution is 2.37. The largest absolute Gasteiger partial charge is 0.367 e. The minimum absolute atomic E-state index is 0.120. The monoisotopic (exact) mass is 328 g/mol. The molecule has 0 aliphatic heterocycles. The Labute approximate surface area is 122 Å². The minimum Gasteiger partial charge on any atom is -0.367 e. The normalized spacial score (nSPS) is 19.1. The summed E-state index contributed by atoms with van der Waals surface area (Å²) in [6, 6.07) is 0. The molecule has 1 fully saturated rings. The Kier molecular flexibility index (Phi) is 4.79. The average molecular weight is 329 g/mol. The summed E-state index contributed by atoms with van der Waals surface area (Å²) in [6.07, 6.45) is 6.58. The summed E-state index contributed by atoms with van der Waals surface area (Å²) in [7, 11) is 0. The van der Waals surface area contributed by atoms with E-state index in [9.17, 15) is 4.79 Å². The standard InChI is InChI=1S/C14H21BrN2O2/c1-3-19-14(8-6-4-5-7-9-14)13-16-10(2)11(15)12(18)17-13/h3-9H2,1-2H3,(H,16,17,18). The highest BCUT2D eigenvalue weighted by Gasteiger charge is 2.36. The van der Waals surface area contributed by atoms with Gasteiger partial charge in [0.25, 0.3) is 5.56 Å². The van der Waals surface area contributed by atoms with Gasteiger partial charge in [0.2, 0.25) is 0 Å². The number of ether oxygens (including phenoxy) is 1. The van der Waals surface area contributed by atoms with Crippen LogP contribution in [0.15, 0.2) is 9.27 Å². The van der Waals surface area contributed by atoms with E-state index in [0.717, 1.165) is 31.4 Å². The van der Waals surface area contributed by atoms with Crippen LogP contribution in [-0.4, -0.2) is 16.6 Å². The summed E-state index contributed by atoms with van der Waals surface area (Å²) < 4.78 is 6.55. The van der Waals surface area contributed by atoms with Gasteiger partial charge in [0.05, 0.1) is 5.69 Å². The molecule has 0 bridgehead atoms. The van der Waals surface area contributed by atoms with Crippen molar-refractivity contribution in [3.05, 3.63) is 26.3 Å². The number of nitrogens with zero attached hydrogens (tertiary/aromatic N) is 1. The number of aryl methyl sites for hydroxylation is 1. The van der Waals surface area contributed by atoms with Gasteiger partial charge in [-0.25, -0.2) is 4.98 Å². The van der Waals surface area contributed by atoms with Crippen LogP contribution in [-0.2, 0) is 10.3 Å². The quantitative estimate of drug-likeness (QED) is 0.865. The predicted molar refractivity (Wildman–Crippen MR) is 78.3 cm³/mol. The fraction of sp³-hybridized carbons (Fsp3) is 0.714. The van der Waals surface area contributed by atoms with Gasteiger partial charge in [-0.1, -0.05) is 25.7 Å². The van der Waals surface area contributed by atoms with Crippen molar-refractivity contribution in [1.82, 2.24) is 9.97 Å². The van der Waals surface area contributed by atoms with Gasteiger partial charge in [-0.3, -0.25) is 4.79 Å². The van der Waals surface area contributed by atoms with Crippen LogP contribution in [0.5, 0.6) is 0 Å². The Morgan fingerprint density at radius 2 is 1.95 bits per heavy atom. The molecular weight excluding hydrogens is 308 g/mol. The molecule has 1 heterocycles. The molecule has 2 rings (SSSR count). The fourth-order valence-electron chi connectivity index (χ4n) is 2.81. The van der Waals surface area contributed by atoms with E-state index >= 15 is 0 Å². The molecule has 0 saturated heterocycles. The summed E-state index contributed by atoms with van der Waals surface area (Å²) in [5.74, 6) is 0.696. The van der Waals surface area contributed by atoms with E-state index in [-0.39, 0.29) is 5.56 Å². The van der Waals surface area contributed by atoms with Gasteiger partial charge in [-0.15, -0.1) is 0 Å². The second-order valence-corrected chi connectivity index (χ2v) is 5.95. The Morgan fingerprint density at radius 1 is 1.32 bits per heavy atom. The van der Waals surface area contributed by atoms with Crippen molar-refractivity contribution in [2.75, 3.05) is 6.61 Å². The summed E-state index contributed by atoms with van der Waals surface area (Å²) in [6.45, 7) is 4.48. The van der Waals surface area contributed by atoms with E-state index in [1.807, 2.05) is 13.8 Å². The van der Waals surface area contributed by atoms with E-state index in [1.54, 1.807) is 0 Å². The van der Waals surface area contributed by atoms with Gasteiger partial charge in [0, 0.05) is 6.61 Å². The maximum absolute atomic E-state index is 11.9. The van der Waals surface area contributed by atoms with Crippen LogP contribution in [0.1, 0.15) is 57.0 Å². The van der Waals surface area contributed by atoms with Crippen molar-refractivity contribution in [3.8, 4) is 0 Å². The molecule has 0 aromatic carbocycles. The fourth-order valence-corrected chi connectivity index (χ4v) is 3.00. The third-order valence-corrected chi connectivity index (χ3v) is 4.73. The molecule has 19 heavy (non-hydrogen) atoms. The lowest BCUT2D eigenvalue weighted by Gasteiger charge is -2.31. The number of nitrogens with one attached hydrogen (secondary N) is 1. The maximum Gasteiger partial charge on any atom is 0.265 e. The Hall–Kier alpha value is -0.680. The van der Waals surface area contributed by atoms with Gasteiger partial charge in [0.1, 0.15) is 15.9 Å². The number of halogens is 1. The molecule has 0 atom stereocenters. The lowest BCUT2D eigenvalue weighted by Crippen LogP contribution is -2.34. The molecule has 1 aromatic heterocycles. The zero-order valence-corrected chi connectivity index (χ0v) is 13.2. The molecule has 0 amide bonds. The Balaban J connectivity index is 2.45. The van der Waals surface area contributed by atoms with E-state index in [1.165, 1.54) is 12.8 Å². The van der Waals surface area contributed by atoms with Crippen molar-refractivity contribution in [1.29, 1.82) is 0 Å². The lowest BCUT2D eigenvalue weighted by molar-refractivity contribution is -0.0627. The molecule has 0 unspecified atom stereocenters. The van der Waals surface area contributed by atoms with E-state index in [2.05, 4.69) is 25.9 Å². The highest BCUT2D eigenvalue weighted by atomic mass is 79.9. The van der Waals surface area contributed by atoms with Gasteiger partial charge in [-0.05, 0) is 42.6 Å². The van der Waals surface area contributed by atoms with Crippen LogP contribution in [0, 0.1) is 6.92 Å². The molecule has 1 saturated carbocycles. The van der Waals surface area contributed by atoms with Crippen molar-refractivity contribution < 1.29 is 4.74 Å². The number of aromatic amines is 1. The first kappa shape index (κ1) is 14.7. The van der Waals surface area contributed by atoms with E-state index in [0.29, 0.717) is 16.9 Å².